The smallest absolute Gasteiger partial charge is 0.360 e. The molecule has 196 valence electrons. The lowest BCUT2D eigenvalue weighted by Crippen LogP contribution is -2.52. The third-order valence-corrected chi connectivity index (χ3v) is 6.95. The van der Waals surface area contributed by atoms with Gasteiger partial charge in [-0.2, -0.15) is 0 Å². The SMILES string of the molecule is CCCCCCCCCCC/C=C/CCCCCCCCCC1=NC=C[N+]1(CCN)CC(=O)O. The van der Waals surface area contributed by atoms with Gasteiger partial charge < -0.3 is 10.8 Å². The molecule has 5 nitrogen and oxygen atoms in total. The van der Waals surface area contributed by atoms with E-state index in [0.717, 1.165) is 18.7 Å². The van der Waals surface area contributed by atoms with E-state index in [0.29, 0.717) is 17.6 Å². The summed E-state index contributed by atoms with van der Waals surface area (Å²) in [6, 6.07) is 0. The summed E-state index contributed by atoms with van der Waals surface area (Å²) >= 11 is 0. The fraction of sp³-hybridized carbons (Fsp3) is 0.793. The summed E-state index contributed by atoms with van der Waals surface area (Å²) < 4.78 is 0.304. The zero-order chi connectivity index (χ0) is 24.7. The van der Waals surface area contributed by atoms with Gasteiger partial charge in [0.05, 0.1) is 6.20 Å². The summed E-state index contributed by atoms with van der Waals surface area (Å²) in [5.41, 5.74) is 5.74. The van der Waals surface area contributed by atoms with E-state index in [-0.39, 0.29) is 6.54 Å². The van der Waals surface area contributed by atoms with E-state index in [9.17, 15) is 9.90 Å². The molecule has 0 radical (unpaired) electrons. The largest absolute Gasteiger partial charge is 0.477 e. The molecule has 0 aromatic carbocycles. The van der Waals surface area contributed by atoms with Gasteiger partial charge >= 0.3 is 5.97 Å². The lowest BCUT2D eigenvalue weighted by Gasteiger charge is -2.30. The predicted molar refractivity (Wildman–Crippen MR) is 146 cm³/mol. The van der Waals surface area contributed by atoms with Gasteiger partial charge in [0.2, 0.25) is 5.84 Å². The molecule has 1 aliphatic rings. The van der Waals surface area contributed by atoms with Crippen LogP contribution >= 0.6 is 0 Å². The highest BCUT2D eigenvalue weighted by Gasteiger charge is 2.36. The number of hydrogen-bond acceptors (Lipinski definition) is 3. The number of aliphatic carboxylic acids is 1. The van der Waals surface area contributed by atoms with Crippen molar-refractivity contribution in [1.82, 2.24) is 0 Å². The Morgan fingerprint density at radius 1 is 0.853 bits per heavy atom. The van der Waals surface area contributed by atoms with Gasteiger partial charge in [0.1, 0.15) is 12.7 Å². The van der Waals surface area contributed by atoms with E-state index >= 15 is 0 Å². The number of amidine groups is 1. The van der Waals surface area contributed by atoms with Crippen LogP contribution in [0.15, 0.2) is 29.5 Å². The van der Waals surface area contributed by atoms with Crippen LogP contribution in [0.5, 0.6) is 0 Å². The van der Waals surface area contributed by atoms with Gasteiger partial charge in [0, 0.05) is 13.0 Å². The molecular formula is C29H54N3O2+. The number of carboxylic acids is 1. The minimum absolute atomic E-state index is 0.0418. The summed E-state index contributed by atoms with van der Waals surface area (Å²) in [4.78, 5) is 15.8. The maximum absolute atomic E-state index is 11.3. The van der Waals surface area contributed by atoms with Gasteiger partial charge in [-0.25, -0.2) is 14.3 Å². The Bertz CT molecular complexity index is 600. The molecule has 0 saturated heterocycles. The molecule has 34 heavy (non-hydrogen) atoms. The topological polar surface area (TPSA) is 75.7 Å². The highest BCUT2D eigenvalue weighted by Crippen LogP contribution is 2.21. The summed E-state index contributed by atoms with van der Waals surface area (Å²) in [5.74, 6) is 0.160. The van der Waals surface area contributed by atoms with Crippen molar-refractivity contribution in [2.75, 3.05) is 19.6 Å². The number of carboxylic acid groups (broad SMARTS) is 1. The molecule has 0 aromatic rings. The Kier molecular flexibility index (Phi) is 18.8. The van der Waals surface area contributed by atoms with Crippen molar-refractivity contribution in [1.29, 1.82) is 0 Å². The van der Waals surface area contributed by atoms with E-state index in [2.05, 4.69) is 24.1 Å². The van der Waals surface area contributed by atoms with Gasteiger partial charge in [0.25, 0.3) is 0 Å². The van der Waals surface area contributed by atoms with Crippen LogP contribution < -0.4 is 5.73 Å². The fourth-order valence-corrected chi connectivity index (χ4v) is 4.87. The van der Waals surface area contributed by atoms with Crippen molar-refractivity contribution in [3.8, 4) is 0 Å². The van der Waals surface area contributed by atoms with E-state index in [1.165, 1.54) is 109 Å². The van der Waals surface area contributed by atoms with Crippen LogP contribution in [0.1, 0.15) is 129 Å². The first-order valence-electron chi connectivity index (χ1n) is 14.3. The molecule has 3 N–H and O–H groups in total. The Morgan fingerprint density at radius 2 is 1.35 bits per heavy atom. The first-order chi connectivity index (χ1) is 16.6. The van der Waals surface area contributed by atoms with Gasteiger partial charge in [0.15, 0.2) is 6.54 Å². The van der Waals surface area contributed by atoms with E-state index in [4.69, 9.17) is 5.73 Å². The number of unbranched alkanes of at least 4 members (excludes halogenated alkanes) is 16. The Hall–Kier alpha value is -1.46. The Balaban J connectivity index is 1.91. The number of nitrogens with two attached hydrogens (primary N) is 1. The maximum atomic E-state index is 11.3. The molecule has 1 unspecified atom stereocenters. The van der Waals surface area contributed by atoms with Gasteiger partial charge in [-0.3, -0.25) is 0 Å². The third-order valence-electron chi connectivity index (χ3n) is 6.95. The lowest BCUT2D eigenvalue weighted by molar-refractivity contribution is -0.778. The quantitative estimate of drug-likeness (QED) is 0.0850. The molecule has 1 atom stereocenters. The molecule has 1 aliphatic heterocycles. The molecule has 0 spiro atoms. The highest BCUT2D eigenvalue weighted by molar-refractivity contribution is 5.81. The van der Waals surface area contributed by atoms with Crippen LogP contribution in [0.3, 0.4) is 0 Å². The zero-order valence-corrected chi connectivity index (χ0v) is 22.2. The summed E-state index contributed by atoms with van der Waals surface area (Å²) in [5, 5.41) is 9.27. The van der Waals surface area contributed by atoms with Crippen molar-refractivity contribution in [2.24, 2.45) is 10.7 Å². The fourth-order valence-electron chi connectivity index (χ4n) is 4.87. The van der Waals surface area contributed by atoms with Gasteiger partial charge in [-0.05, 0) is 32.1 Å². The molecule has 0 bridgehead atoms. The predicted octanol–water partition coefficient (Wildman–Crippen LogP) is 7.72. The number of nitrogens with zero attached hydrogens (tertiary/aromatic N) is 2. The number of quaternary nitrogens is 1. The summed E-state index contributed by atoms with van der Waals surface area (Å²) in [6.07, 6.45) is 33.2. The average molecular weight is 477 g/mol. The van der Waals surface area contributed by atoms with Crippen molar-refractivity contribution in [2.45, 2.75) is 129 Å². The van der Waals surface area contributed by atoms with E-state index in [1.54, 1.807) is 6.20 Å². The second-order valence-corrected chi connectivity index (χ2v) is 10.0. The number of rotatable bonds is 24. The standard InChI is InChI=1S/C29H53N3O2/c1-2-3-4-5-6-7-8-9-10-11-12-13-14-15-16-17-18-19-20-21-22-28-31-24-26-32(28,25-23-30)27-29(33)34/h12-13,24,26H,2-11,14-23,25,27,30H2,1H3/p+1/b13-12+. The van der Waals surface area contributed by atoms with Crippen LogP contribution in [0.4, 0.5) is 0 Å². The normalized spacial score (nSPS) is 17.6. The molecular weight excluding hydrogens is 422 g/mol. The first kappa shape index (κ1) is 30.6. The van der Waals surface area contributed by atoms with Crippen molar-refractivity contribution >= 4 is 11.8 Å². The van der Waals surface area contributed by atoms with Crippen molar-refractivity contribution < 1.29 is 14.4 Å². The number of aliphatic imine (C=N–C) groups is 1. The highest BCUT2D eigenvalue weighted by atomic mass is 16.4. The zero-order valence-electron chi connectivity index (χ0n) is 22.2. The molecule has 0 aliphatic carbocycles. The molecule has 1 rings (SSSR count). The summed E-state index contributed by atoms with van der Waals surface area (Å²) in [6.45, 7) is 3.39. The van der Waals surface area contributed by atoms with Gasteiger partial charge in [-0.1, -0.05) is 103 Å². The monoisotopic (exact) mass is 476 g/mol. The molecule has 0 amide bonds. The minimum Gasteiger partial charge on any atom is -0.477 e. The molecule has 0 saturated carbocycles. The third kappa shape index (κ3) is 14.7. The maximum Gasteiger partial charge on any atom is 0.360 e. The van der Waals surface area contributed by atoms with Crippen molar-refractivity contribution in [3.05, 3.63) is 24.6 Å². The lowest BCUT2D eigenvalue weighted by atomic mass is 10.1. The Labute approximate surface area is 210 Å². The number of hydrogen-bond donors (Lipinski definition) is 2. The second kappa shape index (κ2) is 20.9. The summed E-state index contributed by atoms with van der Waals surface area (Å²) in [7, 11) is 0. The molecule has 0 aromatic heterocycles. The first-order valence-corrected chi connectivity index (χ1v) is 14.3. The van der Waals surface area contributed by atoms with Gasteiger partial charge in [-0.15, -0.1) is 0 Å². The van der Waals surface area contributed by atoms with E-state index in [1.807, 2.05) is 6.20 Å². The van der Waals surface area contributed by atoms with E-state index < -0.39 is 5.97 Å². The Morgan fingerprint density at radius 3 is 1.85 bits per heavy atom. The minimum atomic E-state index is -0.800. The molecule has 0 fully saturated rings. The molecule has 5 heteroatoms. The second-order valence-electron chi connectivity index (χ2n) is 10.0. The van der Waals surface area contributed by atoms with Crippen molar-refractivity contribution in [3.63, 3.8) is 0 Å². The molecule has 1 heterocycles. The van der Waals surface area contributed by atoms with Crippen LogP contribution in [0.25, 0.3) is 0 Å². The van der Waals surface area contributed by atoms with Crippen LogP contribution in [-0.4, -0.2) is 41.0 Å². The van der Waals surface area contributed by atoms with Crippen LogP contribution in [-0.2, 0) is 4.79 Å². The van der Waals surface area contributed by atoms with Crippen LogP contribution in [0, 0.1) is 0 Å². The average Bonchev–Trinajstić information content (AvgIpc) is 3.19. The van der Waals surface area contributed by atoms with Crippen LogP contribution in [0.2, 0.25) is 0 Å². The number of allylic oxidation sites excluding steroid dienone is 2. The number of carbonyl (C=O) groups is 1.